The molecular formula is C27H28BrNO6. The summed E-state index contributed by atoms with van der Waals surface area (Å²) in [6.45, 7) is 6.10. The van der Waals surface area contributed by atoms with Crippen LogP contribution in [0.2, 0.25) is 0 Å². The van der Waals surface area contributed by atoms with Crippen LogP contribution in [-0.2, 0) is 15.9 Å². The molecule has 0 amide bonds. The summed E-state index contributed by atoms with van der Waals surface area (Å²) in [7, 11) is 2.57. The molecule has 7 nitrogen and oxygen atoms in total. The maximum Gasteiger partial charge on any atom is 0.340 e. The minimum atomic E-state index is -0.604. The van der Waals surface area contributed by atoms with E-state index in [1.165, 1.54) is 14.2 Å². The van der Waals surface area contributed by atoms with Crippen LogP contribution in [0.15, 0.2) is 46.9 Å². The Labute approximate surface area is 213 Å². The number of esters is 2. The van der Waals surface area contributed by atoms with E-state index in [0.29, 0.717) is 51.7 Å². The predicted molar refractivity (Wildman–Crippen MR) is 136 cm³/mol. The van der Waals surface area contributed by atoms with Gasteiger partial charge in [0.25, 0.3) is 0 Å². The average Bonchev–Trinajstić information content (AvgIpc) is 2.85. The Kier molecular flexibility index (Phi) is 8.87. The molecular weight excluding hydrogens is 514 g/mol. The minimum Gasteiger partial charge on any atom is -0.490 e. The van der Waals surface area contributed by atoms with E-state index in [4.69, 9.17) is 18.9 Å². The number of nitrogens with zero attached hydrogens (tertiary/aromatic N) is 1. The van der Waals surface area contributed by atoms with Gasteiger partial charge in [-0.15, -0.1) is 0 Å². The first-order valence-corrected chi connectivity index (χ1v) is 11.9. The Morgan fingerprint density at radius 1 is 0.914 bits per heavy atom. The highest BCUT2D eigenvalue weighted by Gasteiger charge is 2.28. The number of hydrogen-bond acceptors (Lipinski definition) is 7. The van der Waals surface area contributed by atoms with E-state index in [-0.39, 0.29) is 11.1 Å². The molecule has 0 saturated heterocycles. The summed E-state index contributed by atoms with van der Waals surface area (Å²) < 4.78 is 22.6. The lowest BCUT2D eigenvalue weighted by atomic mass is 9.92. The van der Waals surface area contributed by atoms with Crippen molar-refractivity contribution in [3.8, 4) is 22.6 Å². The summed E-state index contributed by atoms with van der Waals surface area (Å²) in [5.74, 6) is -0.197. The largest absolute Gasteiger partial charge is 0.490 e. The smallest absolute Gasteiger partial charge is 0.340 e. The maximum absolute atomic E-state index is 12.8. The van der Waals surface area contributed by atoms with Crippen LogP contribution >= 0.6 is 15.9 Å². The van der Waals surface area contributed by atoms with Gasteiger partial charge in [-0.1, -0.05) is 30.3 Å². The van der Waals surface area contributed by atoms with Gasteiger partial charge in [0.05, 0.1) is 54.4 Å². The zero-order chi connectivity index (χ0) is 25.5. The van der Waals surface area contributed by atoms with Crippen LogP contribution in [0, 0.1) is 13.8 Å². The van der Waals surface area contributed by atoms with E-state index in [1.807, 2.05) is 37.3 Å². The number of carbonyl (C=O) groups is 2. The highest BCUT2D eigenvalue weighted by Crippen LogP contribution is 2.42. The summed E-state index contributed by atoms with van der Waals surface area (Å²) in [6.07, 6.45) is 0.725. The van der Waals surface area contributed by atoms with Crippen LogP contribution in [-0.4, -0.2) is 44.4 Å². The Bertz CT molecular complexity index is 1190. The highest BCUT2D eigenvalue weighted by molar-refractivity contribution is 9.10. The van der Waals surface area contributed by atoms with Gasteiger partial charge in [-0.05, 0) is 60.0 Å². The van der Waals surface area contributed by atoms with Gasteiger partial charge >= 0.3 is 11.9 Å². The second-order valence-electron chi connectivity index (χ2n) is 7.69. The fourth-order valence-corrected chi connectivity index (χ4v) is 4.43. The first-order chi connectivity index (χ1) is 16.8. The second kappa shape index (κ2) is 11.8. The third-order valence-electron chi connectivity index (χ3n) is 5.42. The number of halogens is 1. The van der Waals surface area contributed by atoms with E-state index in [9.17, 15) is 9.59 Å². The molecule has 0 unspecified atom stereocenters. The van der Waals surface area contributed by atoms with Gasteiger partial charge in [0.2, 0.25) is 0 Å². The molecule has 0 bridgehead atoms. The van der Waals surface area contributed by atoms with Gasteiger partial charge in [0.1, 0.15) is 0 Å². The predicted octanol–water partition coefficient (Wildman–Crippen LogP) is 5.72. The molecule has 0 radical (unpaired) electrons. The Morgan fingerprint density at radius 2 is 1.51 bits per heavy atom. The molecule has 0 N–H and O–H groups in total. The number of ether oxygens (including phenoxy) is 4. The standard InChI is InChI=1S/C27H28BrNO6/c1-6-34-21-15-19(14-20(28)25(21)35-13-12-18-10-8-7-9-11-18)24-22(26(30)32-4)16(2)29-17(3)23(24)27(31)33-5/h7-11,14-15H,6,12-13H2,1-5H3. The summed E-state index contributed by atoms with van der Waals surface area (Å²) in [4.78, 5) is 29.9. The lowest BCUT2D eigenvalue weighted by Crippen LogP contribution is -2.16. The molecule has 184 valence electrons. The van der Waals surface area contributed by atoms with Crippen molar-refractivity contribution in [2.45, 2.75) is 27.2 Å². The van der Waals surface area contributed by atoms with Gasteiger partial charge in [-0.3, -0.25) is 4.98 Å². The first-order valence-electron chi connectivity index (χ1n) is 11.1. The topological polar surface area (TPSA) is 84.0 Å². The van der Waals surface area contributed by atoms with Crippen LogP contribution in [0.3, 0.4) is 0 Å². The molecule has 0 aliphatic carbocycles. The average molecular weight is 542 g/mol. The zero-order valence-corrected chi connectivity index (χ0v) is 22.0. The van der Waals surface area contributed by atoms with Gasteiger partial charge in [0, 0.05) is 12.0 Å². The molecule has 3 rings (SSSR count). The number of rotatable bonds is 9. The highest BCUT2D eigenvalue weighted by atomic mass is 79.9. The third-order valence-corrected chi connectivity index (χ3v) is 6.01. The molecule has 3 aromatic rings. The van der Waals surface area contributed by atoms with Crippen LogP contribution in [0.1, 0.15) is 44.6 Å². The van der Waals surface area contributed by atoms with Crippen molar-refractivity contribution in [1.29, 1.82) is 0 Å². The molecule has 2 aromatic carbocycles. The summed E-state index contributed by atoms with van der Waals surface area (Å²) >= 11 is 3.59. The maximum atomic E-state index is 12.8. The molecule has 8 heteroatoms. The van der Waals surface area contributed by atoms with Gasteiger partial charge < -0.3 is 18.9 Å². The zero-order valence-electron chi connectivity index (χ0n) is 20.4. The van der Waals surface area contributed by atoms with Crippen molar-refractivity contribution < 1.29 is 28.5 Å². The molecule has 0 spiro atoms. The van der Waals surface area contributed by atoms with Crippen LogP contribution in [0.5, 0.6) is 11.5 Å². The van der Waals surface area contributed by atoms with E-state index < -0.39 is 11.9 Å². The van der Waals surface area contributed by atoms with Gasteiger partial charge in [-0.2, -0.15) is 0 Å². The van der Waals surface area contributed by atoms with Gasteiger partial charge in [-0.25, -0.2) is 9.59 Å². The number of carbonyl (C=O) groups excluding carboxylic acids is 2. The van der Waals surface area contributed by atoms with Gasteiger partial charge in [0.15, 0.2) is 11.5 Å². The lowest BCUT2D eigenvalue weighted by Gasteiger charge is -2.20. The van der Waals surface area contributed by atoms with E-state index in [1.54, 1.807) is 26.0 Å². The molecule has 0 fully saturated rings. The molecule has 1 heterocycles. The Morgan fingerprint density at radius 3 is 2.06 bits per heavy atom. The number of pyridine rings is 1. The van der Waals surface area contributed by atoms with Crippen LogP contribution in [0.4, 0.5) is 0 Å². The van der Waals surface area contributed by atoms with Crippen molar-refractivity contribution in [3.05, 3.63) is 75.0 Å². The molecule has 0 saturated carbocycles. The minimum absolute atomic E-state index is 0.186. The first kappa shape index (κ1) is 26.2. The van der Waals surface area contributed by atoms with Crippen molar-refractivity contribution in [2.24, 2.45) is 0 Å². The third kappa shape index (κ3) is 5.82. The lowest BCUT2D eigenvalue weighted by molar-refractivity contribution is 0.0599. The molecule has 0 atom stereocenters. The molecule has 0 aliphatic heterocycles. The molecule has 35 heavy (non-hydrogen) atoms. The molecule has 0 aliphatic rings. The van der Waals surface area contributed by atoms with Crippen molar-refractivity contribution >= 4 is 27.9 Å². The van der Waals surface area contributed by atoms with E-state index in [0.717, 1.165) is 12.0 Å². The number of aryl methyl sites for hydroxylation is 2. The molecule has 1 aromatic heterocycles. The monoisotopic (exact) mass is 541 g/mol. The normalized spacial score (nSPS) is 10.6. The summed E-state index contributed by atoms with van der Waals surface area (Å²) in [5, 5.41) is 0. The SMILES string of the molecule is CCOc1cc(-c2c(C(=O)OC)c(C)nc(C)c2C(=O)OC)cc(Br)c1OCCc1ccccc1. The summed E-state index contributed by atoms with van der Waals surface area (Å²) in [6, 6.07) is 13.6. The second-order valence-corrected chi connectivity index (χ2v) is 8.55. The van der Waals surface area contributed by atoms with Crippen molar-refractivity contribution in [1.82, 2.24) is 4.98 Å². The number of benzene rings is 2. The number of methoxy groups -OCH3 is 2. The van der Waals surface area contributed by atoms with Crippen LogP contribution < -0.4 is 9.47 Å². The number of aromatic nitrogens is 1. The quantitative estimate of drug-likeness (QED) is 0.320. The fraction of sp³-hybridized carbons (Fsp3) is 0.296. The van der Waals surface area contributed by atoms with Crippen molar-refractivity contribution in [2.75, 3.05) is 27.4 Å². The fourth-order valence-electron chi connectivity index (χ4n) is 3.87. The van der Waals surface area contributed by atoms with Crippen LogP contribution in [0.25, 0.3) is 11.1 Å². The summed E-state index contributed by atoms with van der Waals surface area (Å²) in [5.41, 5.74) is 3.34. The Balaban J connectivity index is 2.14. The number of hydrogen-bond donors (Lipinski definition) is 0. The van der Waals surface area contributed by atoms with Crippen molar-refractivity contribution in [3.63, 3.8) is 0 Å². The Hall–Kier alpha value is -3.39. The van der Waals surface area contributed by atoms with E-state index >= 15 is 0 Å². The van der Waals surface area contributed by atoms with E-state index in [2.05, 4.69) is 20.9 Å².